The number of unbranched alkanes of at least 4 members (excludes halogenated alkanes) is 1. The molecule has 0 N–H and O–H groups in total. The summed E-state index contributed by atoms with van der Waals surface area (Å²) >= 11 is 1.48. The zero-order valence-electron chi connectivity index (χ0n) is 15.9. The highest BCUT2D eigenvalue weighted by molar-refractivity contribution is 8.00. The molecule has 0 radical (unpaired) electrons. The first kappa shape index (κ1) is 23.0. The van der Waals surface area contributed by atoms with Crippen LogP contribution in [0.15, 0.2) is 12.2 Å². The highest BCUT2D eigenvalue weighted by atomic mass is 32.2. The number of rotatable bonds is 13. The Hall–Kier alpha value is -1.05. The van der Waals surface area contributed by atoms with Gasteiger partial charge in [0.1, 0.15) is 6.61 Å². The summed E-state index contributed by atoms with van der Waals surface area (Å²) in [6, 6.07) is 0. The van der Waals surface area contributed by atoms with Gasteiger partial charge in [0.05, 0.1) is 19.0 Å². The van der Waals surface area contributed by atoms with Gasteiger partial charge in [-0.05, 0) is 45.4 Å². The quantitative estimate of drug-likeness (QED) is 0.272. The molecule has 0 amide bonds. The van der Waals surface area contributed by atoms with Crippen molar-refractivity contribution < 1.29 is 28.5 Å². The topological polar surface area (TPSA) is 71.1 Å². The predicted octanol–water partition coefficient (Wildman–Crippen LogP) is 3.48. The normalized spacial score (nSPS) is 18.6. The van der Waals surface area contributed by atoms with Gasteiger partial charge in [-0.1, -0.05) is 12.2 Å². The second-order valence-electron chi connectivity index (χ2n) is 6.07. The fourth-order valence-corrected chi connectivity index (χ4v) is 3.42. The SMILES string of the molecule is CCOC(=O)CSC(CCC/C=C/COC1CCCCO1)COC(C)=O. The van der Waals surface area contributed by atoms with Crippen molar-refractivity contribution in [3.8, 4) is 0 Å². The molecular formula is C19H32O6S. The van der Waals surface area contributed by atoms with Gasteiger partial charge >= 0.3 is 11.9 Å². The van der Waals surface area contributed by atoms with Crippen LogP contribution in [0.1, 0.15) is 52.4 Å². The molecule has 1 fully saturated rings. The summed E-state index contributed by atoms with van der Waals surface area (Å²) in [5, 5.41) is 0.101. The summed E-state index contributed by atoms with van der Waals surface area (Å²) in [4.78, 5) is 22.5. The zero-order chi connectivity index (χ0) is 19.0. The Morgan fingerprint density at radius 3 is 2.81 bits per heavy atom. The summed E-state index contributed by atoms with van der Waals surface area (Å²) in [5.74, 6) is -0.244. The highest BCUT2D eigenvalue weighted by Gasteiger charge is 2.14. The number of hydrogen-bond acceptors (Lipinski definition) is 7. The van der Waals surface area contributed by atoms with Crippen LogP contribution < -0.4 is 0 Å². The third kappa shape index (κ3) is 12.3. The van der Waals surface area contributed by atoms with E-state index in [1.807, 2.05) is 6.08 Å². The van der Waals surface area contributed by atoms with Gasteiger partial charge in [-0.15, -0.1) is 11.8 Å². The predicted molar refractivity (Wildman–Crippen MR) is 102 cm³/mol. The van der Waals surface area contributed by atoms with Crippen molar-refractivity contribution in [2.24, 2.45) is 0 Å². The average molecular weight is 389 g/mol. The van der Waals surface area contributed by atoms with Crippen molar-refractivity contribution in [2.75, 3.05) is 32.2 Å². The Balaban J connectivity index is 2.16. The lowest BCUT2D eigenvalue weighted by molar-refractivity contribution is -0.155. The maximum Gasteiger partial charge on any atom is 0.315 e. The van der Waals surface area contributed by atoms with Gasteiger partial charge in [-0.25, -0.2) is 0 Å². The third-order valence-electron chi connectivity index (χ3n) is 3.79. The van der Waals surface area contributed by atoms with E-state index in [2.05, 4.69) is 6.08 Å². The molecule has 1 rings (SSSR count). The molecule has 1 aliphatic rings. The van der Waals surface area contributed by atoms with Crippen LogP contribution in [0.25, 0.3) is 0 Å². The molecule has 0 spiro atoms. The highest BCUT2D eigenvalue weighted by Crippen LogP contribution is 2.19. The Kier molecular flexibility index (Phi) is 13.3. The Labute approximate surface area is 161 Å². The number of allylic oxidation sites excluding steroid dienone is 1. The van der Waals surface area contributed by atoms with E-state index in [4.69, 9.17) is 18.9 Å². The van der Waals surface area contributed by atoms with Crippen molar-refractivity contribution >= 4 is 23.7 Å². The van der Waals surface area contributed by atoms with Gasteiger partial charge in [0, 0.05) is 18.8 Å². The van der Waals surface area contributed by atoms with Gasteiger partial charge in [-0.2, -0.15) is 0 Å². The summed E-state index contributed by atoms with van der Waals surface area (Å²) in [6.07, 6.45) is 10.1. The van der Waals surface area contributed by atoms with E-state index in [9.17, 15) is 9.59 Å². The minimum atomic E-state index is -0.297. The van der Waals surface area contributed by atoms with Crippen molar-refractivity contribution in [3.63, 3.8) is 0 Å². The van der Waals surface area contributed by atoms with Crippen LogP contribution >= 0.6 is 11.8 Å². The molecular weight excluding hydrogens is 356 g/mol. The first-order chi connectivity index (χ1) is 12.6. The van der Waals surface area contributed by atoms with Crippen molar-refractivity contribution in [1.29, 1.82) is 0 Å². The van der Waals surface area contributed by atoms with Crippen LogP contribution in [-0.4, -0.2) is 55.7 Å². The minimum Gasteiger partial charge on any atom is -0.465 e. The van der Waals surface area contributed by atoms with Crippen LogP contribution in [0.4, 0.5) is 0 Å². The molecule has 7 heteroatoms. The van der Waals surface area contributed by atoms with Gasteiger partial charge in [0.25, 0.3) is 0 Å². The number of carbonyl (C=O) groups excluding carboxylic acids is 2. The van der Waals surface area contributed by atoms with Crippen molar-refractivity contribution in [2.45, 2.75) is 63.9 Å². The van der Waals surface area contributed by atoms with Crippen LogP contribution in [-0.2, 0) is 28.5 Å². The number of thioether (sulfide) groups is 1. The van der Waals surface area contributed by atoms with E-state index in [-0.39, 0.29) is 29.2 Å². The average Bonchev–Trinajstić information content (AvgIpc) is 2.63. The largest absolute Gasteiger partial charge is 0.465 e. The molecule has 0 bridgehead atoms. The fourth-order valence-electron chi connectivity index (χ4n) is 2.47. The van der Waals surface area contributed by atoms with Gasteiger partial charge < -0.3 is 18.9 Å². The molecule has 1 heterocycles. The molecule has 1 saturated heterocycles. The Morgan fingerprint density at radius 2 is 2.12 bits per heavy atom. The number of hydrogen-bond donors (Lipinski definition) is 0. The molecule has 6 nitrogen and oxygen atoms in total. The first-order valence-corrected chi connectivity index (χ1v) is 10.5. The van der Waals surface area contributed by atoms with Crippen molar-refractivity contribution in [3.05, 3.63) is 12.2 Å². The number of esters is 2. The summed E-state index contributed by atoms with van der Waals surface area (Å²) < 4.78 is 21.2. The Bertz CT molecular complexity index is 420. The van der Waals surface area contributed by atoms with Crippen LogP contribution in [0, 0.1) is 0 Å². The van der Waals surface area contributed by atoms with E-state index in [0.717, 1.165) is 38.7 Å². The molecule has 0 aromatic carbocycles. The third-order valence-corrected chi connectivity index (χ3v) is 5.04. The number of ether oxygens (including phenoxy) is 4. The molecule has 150 valence electrons. The van der Waals surface area contributed by atoms with Crippen LogP contribution in [0.5, 0.6) is 0 Å². The van der Waals surface area contributed by atoms with Crippen molar-refractivity contribution in [1.82, 2.24) is 0 Å². The Morgan fingerprint density at radius 1 is 1.27 bits per heavy atom. The smallest absolute Gasteiger partial charge is 0.315 e. The molecule has 1 aliphatic heterocycles. The molecule has 2 atom stereocenters. The lowest BCUT2D eigenvalue weighted by Crippen LogP contribution is -2.22. The summed E-state index contributed by atoms with van der Waals surface area (Å²) in [7, 11) is 0. The molecule has 0 aliphatic carbocycles. The lowest BCUT2D eigenvalue weighted by atomic mass is 10.2. The zero-order valence-corrected chi connectivity index (χ0v) is 16.8. The summed E-state index contributed by atoms with van der Waals surface area (Å²) in [5.41, 5.74) is 0. The maximum atomic E-state index is 11.5. The molecule has 2 unspecified atom stereocenters. The first-order valence-electron chi connectivity index (χ1n) is 9.40. The molecule has 0 saturated carbocycles. The molecule has 0 aromatic rings. The standard InChI is InChI=1S/C19H32O6S/c1-3-22-18(21)15-26-17(14-25-16(2)20)10-6-4-5-8-12-23-19-11-7-9-13-24-19/h5,8,17,19H,3-4,6-7,9-15H2,1-2H3/b8-5+. The van der Waals surface area contributed by atoms with Gasteiger partial charge in [0.15, 0.2) is 6.29 Å². The van der Waals surface area contributed by atoms with E-state index in [1.54, 1.807) is 6.92 Å². The second-order valence-corrected chi connectivity index (χ2v) is 7.36. The van der Waals surface area contributed by atoms with Crippen LogP contribution in [0.2, 0.25) is 0 Å². The second kappa shape index (κ2) is 15.1. The monoisotopic (exact) mass is 388 g/mol. The van der Waals surface area contributed by atoms with E-state index in [1.165, 1.54) is 25.1 Å². The summed E-state index contributed by atoms with van der Waals surface area (Å²) in [6.45, 7) is 5.25. The maximum absolute atomic E-state index is 11.5. The van der Waals surface area contributed by atoms with Gasteiger partial charge in [-0.3, -0.25) is 9.59 Å². The minimum absolute atomic E-state index is 0.0548. The van der Waals surface area contributed by atoms with E-state index in [0.29, 0.717) is 19.8 Å². The number of carbonyl (C=O) groups is 2. The van der Waals surface area contributed by atoms with Crippen LogP contribution in [0.3, 0.4) is 0 Å². The lowest BCUT2D eigenvalue weighted by Gasteiger charge is -2.21. The molecule has 0 aromatic heterocycles. The fraction of sp³-hybridized carbons (Fsp3) is 0.789. The molecule has 26 heavy (non-hydrogen) atoms. The van der Waals surface area contributed by atoms with Gasteiger partial charge in [0.2, 0.25) is 0 Å². The van der Waals surface area contributed by atoms with E-state index >= 15 is 0 Å². The van der Waals surface area contributed by atoms with E-state index < -0.39 is 0 Å².